The van der Waals surface area contributed by atoms with E-state index in [0.717, 1.165) is 70.1 Å². The summed E-state index contributed by atoms with van der Waals surface area (Å²) in [4.78, 5) is 10.8. The van der Waals surface area contributed by atoms with Crippen molar-refractivity contribution < 1.29 is 9.47 Å². The van der Waals surface area contributed by atoms with Crippen molar-refractivity contribution in [3.05, 3.63) is 29.0 Å². The predicted octanol–water partition coefficient (Wildman–Crippen LogP) is 2.37. The summed E-state index contributed by atoms with van der Waals surface area (Å²) in [5.74, 6) is 0.958. The van der Waals surface area contributed by atoms with Crippen molar-refractivity contribution in [3.63, 3.8) is 0 Å². The Hall–Kier alpha value is -1.37. The SMILES string of the molecule is CN=C(NCCc1ccc(Cl)nc1)N1CCC(OCCCOC)CC1. The summed E-state index contributed by atoms with van der Waals surface area (Å²) >= 11 is 5.81. The van der Waals surface area contributed by atoms with E-state index in [2.05, 4.69) is 20.2 Å². The molecule has 1 aliphatic heterocycles. The lowest BCUT2D eigenvalue weighted by Crippen LogP contribution is -2.47. The minimum absolute atomic E-state index is 0.353. The molecule has 0 saturated carbocycles. The molecule has 1 saturated heterocycles. The third kappa shape index (κ3) is 7.18. The molecule has 0 unspecified atom stereocenters. The van der Waals surface area contributed by atoms with Crippen molar-refractivity contribution in [1.29, 1.82) is 0 Å². The Balaban J connectivity index is 1.66. The van der Waals surface area contributed by atoms with Gasteiger partial charge in [0.05, 0.1) is 6.10 Å². The van der Waals surface area contributed by atoms with Gasteiger partial charge >= 0.3 is 0 Å². The number of guanidine groups is 1. The first-order chi connectivity index (χ1) is 12.2. The highest BCUT2D eigenvalue weighted by Gasteiger charge is 2.21. The molecule has 0 aliphatic carbocycles. The monoisotopic (exact) mass is 368 g/mol. The number of hydrogen-bond acceptors (Lipinski definition) is 4. The normalized spacial score (nSPS) is 16.3. The largest absolute Gasteiger partial charge is 0.385 e. The fourth-order valence-corrected chi connectivity index (χ4v) is 3.00. The molecule has 0 bridgehead atoms. The Morgan fingerprint density at radius 2 is 2.16 bits per heavy atom. The number of nitrogens with one attached hydrogen (secondary N) is 1. The standard InChI is InChI=1S/C18H29ClN4O2/c1-20-18(21-9-6-15-4-5-17(19)22-14-15)23-10-7-16(8-11-23)25-13-3-12-24-2/h4-5,14,16H,3,6-13H2,1-2H3,(H,20,21). The van der Waals surface area contributed by atoms with Gasteiger partial charge < -0.3 is 19.7 Å². The Morgan fingerprint density at radius 1 is 1.36 bits per heavy atom. The average molecular weight is 369 g/mol. The summed E-state index contributed by atoms with van der Waals surface area (Å²) in [6.07, 6.45) is 6.09. The van der Waals surface area contributed by atoms with E-state index < -0.39 is 0 Å². The summed E-state index contributed by atoms with van der Waals surface area (Å²) in [5, 5.41) is 3.96. The average Bonchev–Trinajstić information content (AvgIpc) is 2.65. The van der Waals surface area contributed by atoms with E-state index in [9.17, 15) is 0 Å². The lowest BCUT2D eigenvalue weighted by Gasteiger charge is -2.34. The molecule has 2 heterocycles. The number of methoxy groups -OCH3 is 1. The molecule has 1 N–H and O–H groups in total. The van der Waals surface area contributed by atoms with Gasteiger partial charge in [-0.05, 0) is 37.3 Å². The number of rotatable bonds is 8. The van der Waals surface area contributed by atoms with Crippen LogP contribution in [0.5, 0.6) is 0 Å². The minimum Gasteiger partial charge on any atom is -0.385 e. The van der Waals surface area contributed by atoms with Crippen molar-refractivity contribution >= 4 is 17.6 Å². The summed E-state index contributed by atoms with van der Waals surface area (Å²) in [6.45, 7) is 4.30. The maximum Gasteiger partial charge on any atom is 0.193 e. The second kappa shape index (κ2) is 11.3. The molecule has 1 aliphatic rings. The van der Waals surface area contributed by atoms with E-state index >= 15 is 0 Å². The van der Waals surface area contributed by atoms with Crippen molar-refractivity contribution in [1.82, 2.24) is 15.2 Å². The van der Waals surface area contributed by atoms with Crippen molar-refractivity contribution in [3.8, 4) is 0 Å². The van der Waals surface area contributed by atoms with E-state index in [4.69, 9.17) is 21.1 Å². The number of nitrogens with zero attached hydrogens (tertiary/aromatic N) is 3. The molecule has 7 heteroatoms. The zero-order valence-electron chi connectivity index (χ0n) is 15.2. The van der Waals surface area contributed by atoms with Crippen molar-refractivity contribution in [2.24, 2.45) is 4.99 Å². The quantitative estimate of drug-likeness (QED) is 0.330. The molecular formula is C18H29ClN4O2. The van der Waals surface area contributed by atoms with Gasteiger partial charge in [-0.1, -0.05) is 17.7 Å². The molecule has 0 amide bonds. The van der Waals surface area contributed by atoms with Gasteiger partial charge in [0, 0.05) is 53.2 Å². The molecule has 2 rings (SSSR count). The highest BCUT2D eigenvalue weighted by Crippen LogP contribution is 2.14. The number of halogens is 1. The minimum atomic E-state index is 0.353. The third-order valence-corrected chi connectivity index (χ3v) is 4.51. The molecule has 0 atom stereocenters. The van der Waals surface area contributed by atoms with Gasteiger partial charge in [-0.25, -0.2) is 4.98 Å². The van der Waals surface area contributed by atoms with Crippen LogP contribution in [0.1, 0.15) is 24.8 Å². The lowest BCUT2D eigenvalue weighted by atomic mass is 10.1. The molecule has 0 radical (unpaired) electrons. The van der Waals surface area contributed by atoms with Crippen LogP contribution in [-0.2, 0) is 15.9 Å². The summed E-state index contributed by atoms with van der Waals surface area (Å²) < 4.78 is 11.0. The fraction of sp³-hybridized carbons (Fsp3) is 0.667. The van der Waals surface area contributed by atoms with Crippen molar-refractivity contribution in [2.75, 3.05) is 47.0 Å². The van der Waals surface area contributed by atoms with Crippen molar-refractivity contribution in [2.45, 2.75) is 31.8 Å². The molecule has 140 valence electrons. The molecule has 0 aromatic carbocycles. The number of likely N-dealkylation sites (tertiary alicyclic amines) is 1. The van der Waals surface area contributed by atoms with Crippen LogP contribution >= 0.6 is 11.6 Å². The molecule has 1 fully saturated rings. The maximum absolute atomic E-state index is 5.91. The highest BCUT2D eigenvalue weighted by molar-refractivity contribution is 6.29. The van der Waals surface area contributed by atoms with Gasteiger partial charge in [-0.15, -0.1) is 0 Å². The van der Waals surface area contributed by atoms with Crippen LogP contribution in [0.3, 0.4) is 0 Å². The van der Waals surface area contributed by atoms with Crippen LogP contribution in [0.15, 0.2) is 23.3 Å². The number of piperidine rings is 1. The number of hydrogen-bond donors (Lipinski definition) is 1. The van der Waals surface area contributed by atoms with Gasteiger partial charge in [0.15, 0.2) is 5.96 Å². The molecule has 1 aromatic rings. The van der Waals surface area contributed by atoms with Crippen LogP contribution in [0.2, 0.25) is 5.15 Å². The first kappa shape index (κ1) is 19.9. The van der Waals surface area contributed by atoms with Gasteiger partial charge in [0.25, 0.3) is 0 Å². The third-order valence-electron chi connectivity index (χ3n) is 4.29. The van der Waals surface area contributed by atoms with Crippen LogP contribution in [-0.4, -0.2) is 69.0 Å². The lowest BCUT2D eigenvalue weighted by molar-refractivity contribution is 0.00992. The molecule has 1 aromatic heterocycles. The summed E-state index contributed by atoms with van der Waals surface area (Å²) in [5.41, 5.74) is 1.16. The van der Waals surface area contributed by atoms with Gasteiger partial charge in [0.1, 0.15) is 5.15 Å². The topological polar surface area (TPSA) is 59.0 Å². The number of ether oxygens (including phenoxy) is 2. The molecular weight excluding hydrogens is 340 g/mol. The second-order valence-electron chi connectivity index (χ2n) is 6.12. The predicted molar refractivity (Wildman–Crippen MR) is 101 cm³/mol. The van der Waals surface area contributed by atoms with Gasteiger partial charge in [-0.3, -0.25) is 4.99 Å². The first-order valence-corrected chi connectivity index (χ1v) is 9.27. The summed E-state index contributed by atoms with van der Waals surface area (Å²) in [6, 6.07) is 3.83. The number of aromatic nitrogens is 1. The molecule has 25 heavy (non-hydrogen) atoms. The van der Waals surface area contributed by atoms with Gasteiger partial charge in [0.2, 0.25) is 0 Å². The Kier molecular flexibility index (Phi) is 9.00. The Morgan fingerprint density at radius 3 is 2.80 bits per heavy atom. The van der Waals surface area contributed by atoms with Crippen LogP contribution in [0, 0.1) is 0 Å². The Labute approximate surface area is 155 Å². The Bertz CT molecular complexity index is 516. The van der Waals surface area contributed by atoms with E-state index in [-0.39, 0.29) is 0 Å². The second-order valence-corrected chi connectivity index (χ2v) is 6.50. The van der Waals surface area contributed by atoms with Crippen LogP contribution in [0.25, 0.3) is 0 Å². The number of aliphatic imine (C=N–C) groups is 1. The smallest absolute Gasteiger partial charge is 0.193 e. The van der Waals surface area contributed by atoms with Crippen LogP contribution in [0.4, 0.5) is 0 Å². The fourth-order valence-electron chi connectivity index (χ4n) is 2.89. The number of pyridine rings is 1. The maximum atomic E-state index is 5.91. The highest BCUT2D eigenvalue weighted by atomic mass is 35.5. The zero-order chi connectivity index (χ0) is 17.9. The first-order valence-electron chi connectivity index (χ1n) is 8.89. The van der Waals surface area contributed by atoms with E-state index in [1.54, 1.807) is 7.11 Å². The molecule has 0 spiro atoms. The zero-order valence-corrected chi connectivity index (χ0v) is 16.0. The van der Waals surface area contributed by atoms with E-state index in [1.807, 2.05) is 25.4 Å². The van der Waals surface area contributed by atoms with Gasteiger partial charge in [-0.2, -0.15) is 0 Å². The summed E-state index contributed by atoms with van der Waals surface area (Å²) in [7, 11) is 3.56. The molecule has 6 nitrogen and oxygen atoms in total. The van der Waals surface area contributed by atoms with E-state index in [0.29, 0.717) is 11.3 Å². The van der Waals surface area contributed by atoms with E-state index in [1.165, 1.54) is 0 Å². The van der Waals surface area contributed by atoms with Crippen LogP contribution < -0.4 is 5.32 Å².